The molecule has 1 unspecified atom stereocenters. The third-order valence-corrected chi connectivity index (χ3v) is 8.29. The van der Waals surface area contributed by atoms with E-state index in [-0.39, 0.29) is 5.92 Å². The van der Waals surface area contributed by atoms with Gasteiger partial charge in [-0.25, -0.2) is 0 Å². The van der Waals surface area contributed by atoms with E-state index in [1.165, 1.54) is 4.31 Å². The first kappa shape index (κ1) is 22.7. The summed E-state index contributed by atoms with van der Waals surface area (Å²) in [6, 6.07) is 17.0. The van der Waals surface area contributed by atoms with E-state index >= 15 is 0 Å². The van der Waals surface area contributed by atoms with E-state index in [1.54, 1.807) is 14.0 Å². The lowest BCUT2D eigenvalue weighted by Gasteiger charge is -2.34. The third kappa shape index (κ3) is 4.25. The Morgan fingerprint density at radius 2 is 1.72 bits per heavy atom. The quantitative estimate of drug-likeness (QED) is 0.626. The molecule has 0 amide bonds. The Morgan fingerprint density at radius 3 is 2.28 bits per heavy atom. The minimum Gasteiger partial charge on any atom is -0.497 e. The van der Waals surface area contributed by atoms with E-state index in [2.05, 4.69) is 9.62 Å². The van der Waals surface area contributed by atoms with Crippen LogP contribution in [-0.4, -0.2) is 67.5 Å². The lowest BCUT2D eigenvalue weighted by atomic mass is 10.1. The fraction of sp³-hybridized carbons (Fsp3) is 0.435. The van der Waals surface area contributed by atoms with Gasteiger partial charge < -0.3 is 9.84 Å². The first-order chi connectivity index (χ1) is 15.3. The highest BCUT2D eigenvalue weighted by Gasteiger charge is 2.70. The van der Waals surface area contributed by atoms with Gasteiger partial charge in [0.15, 0.2) is 0 Å². The second kappa shape index (κ2) is 8.82. The standard InChI is InChI=1S/C23H29N3O5S/c1-17-21(19-6-4-3-5-7-19)23(17,22(27)28)24-32(29,30)26-14-12-25(13-15-26)16-18-8-10-20(31-2)11-9-18/h3-11,17,21,24H,12-16H2,1-2H3,(H,27,28)/t17?,21-,23+/m1/s1. The average Bonchev–Trinajstić information content (AvgIpc) is 3.39. The van der Waals surface area contributed by atoms with Crippen molar-refractivity contribution in [3.63, 3.8) is 0 Å². The molecule has 2 fully saturated rings. The van der Waals surface area contributed by atoms with Gasteiger partial charge in [-0.15, -0.1) is 0 Å². The number of carbonyl (C=O) groups is 1. The summed E-state index contributed by atoms with van der Waals surface area (Å²) in [7, 11) is -2.32. The fourth-order valence-corrected chi connectivity index (χ4v) is 6.30. The van der Waals surface area contributed by atoms with Crippen LogP contribution in [0, 0.1) is 5.92 Å². The summed E-state index contributed by atoms with van der Waals surface area (Å²) in [5, 5.41) is 9.95. The molecule has 0 bridgehead atoms. The Bertz CT molecular complexity index is 1050. The summed E-state index contributed by atoms with van der Waals surface area (Å²) in [6.07, 6.45) is 0. The number of nitrogens with one attached hydrogen (secondary N) is 1. The Morgan fingerprint density at radius 1 is 1.09 bits per heavy atom. The zero-order valence-electron chi connectivity index (χ0n) is 18.3. The van der Waals surface area contributed by atoms with Crippen molar-refractivity contribution >= 4 is 16.2 Å². The monoisotopic (exact) mass is 459 g/mol. The maximum absolute atomic E-state index is 13.1. The minimum atomic E-state index is -3.94. The second-order valence-electron chi connectivity index (χ2n) is 8.48. The van der Waals surface area contributed by atoms with Crippen LogP contribution in [0.1, 0.15) is 24.0 Å². The second-order valence-corrected chi connectivity index (χ2v) is 10.2. The molecular formula is C23H29N3O5S. The molecule has 1 heterocycles. The third-order valence-electron chi connectivity index (χ3n) is 6.65. The molecule has 2 aliphatic rings. The zero-order chi connectivity index (χ0) is 22.9. The molecule has 9 heteroatoms. The normalized spacial score (nSPS) is 26.6. The summed E-state index contributed by atoms with van der Waals surface area (Å²) >= 11 is 0. The molecule has 4 rings (SSSR count). The molecule has 172 valence electrons. The van der Waals surface area contributed by atoms with Crippen molar-refractivity contribution in [2.75, 3.05) is 33.3 Å². The number of benzene rings is 2. The number of nitrogens with zero attached hydrogens (tertiary/aromatic N) is 2. The Hall–Kier alpha value is -2.46. The molecule has 0 radical (unpaired) electrons. The predicted molar refractivity (Wildman–Crippen MR) is 121 cm³/mol. The van der Waals surface area contributed by atoms with Crippen LogP contribution in [-0.2, 0) is 21.5 Å². The van der Waals surface area contributed by atoms with Gasteiger partial charge in [0.05, 0.1) is 7.11 Å². The van der Waals surface area contributed by atoms with Crippen LogP contribution in [0.5, 0.6) is 5.75 Å². The van der Waals surface area contributed by atoms with E-state index in [4.69, 9.17) is 4.74 Å². The van der Waals surface area contributed by atoms with Crippen molar-refractivity contribution in [3.05, 3.63) is 65.7 Å². The fourth-order valence-electron chi connectivity index (χ4n) is 4.70. The van der Waals surface area contributed by atoms with Crippen LogP contribution >= 0.6 is 0 Å². The Labute approximate surface area is 189 Å². The average molecular weight is 460 g/mol. The summed E-state index contributed by atoms with van der Waals surface area (Å²) in [5.41, 5.74) is 0.442. The van der Waals surface area contributed by atoms with Gasteiger partial charge in [-0.05, 0) is 29.2 Å². The van der Waals surface area contributed by atoms with Crippen molar-refractivity contribution in [2.24, 2.45) is 5.92 Å². The van der Waals surface area contributed by atoms with Crippen molar-refractivity contribution in [2.45, 2.75) is 24.9 Å². The lowest BCUT2D eigenvalue weighted by Crippen LogP contribution is -2.56. The van der Waals surface area contributed by atoms with E-state index in [0.717, 1.165) is 23.4 Å². The molecule has 2 aromatic carbocycles. The first-order valence-corrected chi connectivity index (χ1v) is 12.1. The van der Waals surface area contributed by atoms with Gasteiger partial charge in [0.1, 0.15) is 11.3 Å². The van der Waals surface area contributed by atoms with Crippen LogP contribution in [0.4, 0.5) is 0 Å². The molecular weight excluding hydrogens is 430 g/mol. The van der Waals surface area contributed by atoms with Gasteiger partial charge in [0.25, 0.3) is 10.2 Å². The predicted octanol–water partition coefficient (Wildman–Crippen LogP) is 1.90. The summed E-state index contributed by atoms with van der Waals surface area (Å²) < 4.78 is 35.3. The molecule has 1 aliphatic carbocycles. The van der Waals surface area contributed by atoms with Gasteiger partial charge in [-0.1, -0.05) is 49.4 Å². The van der Waals surface area contributed by atoms with Crippen LogP contribution < -0.4 is 9.46 Å². The van der Waals surface area contributed by atoms with Crippen LogP contribution in [0.2, 0.25) is 0 Å². The number of methoxy groups -OCH3 is 1. The largest absolute Gasteiger partial charge is 0.497 e. The highest BCUT2D eigenvalue weighted by Crippen LogP contribution is 2.57. The number of rotatable bonds is 8. The SMILES string of the molecule is COc1ccc(CN2CCN(S(=O)(=O)N[C@@]3(C(=O)O)C(C)[C@@H]3c3ccccc3)CC2)cc1. The van der Waals surface area contributed by atoms with Crippen LogP contribution in [0.25, 0.3) is 0 Å². The molecule has 32 heavy (non-hydrogen) atoms. The number of aliphatic carboxylic acids is 1. The topological polar surface area (TPSA) is 99.2 Å². The minimum absolute atomic E-state index is 0.311. The summed E-state index contributed by atoms with van der Waals surface area (Å²) in [6.45, 7) is 4.27. The smallest absolute Gasteiger partial charge is 0.325 e. The zero-order valence-corrected chi connectivity index (χ0v) is 19.1. The molecule has 3 atom stereocenters. The van der Waals surface area contributed by atoms with Gasteiger partial charge in [0.2, 0.25) is 0 Å². The van der Waals surface area contributed by atoms with Crippen molar-refractivity contribution in [3.8, 4) is 5.75 Å². The van der Waals surface area contributed by atoms with Crippen molar-refractivity contribution in [1.82, 2.24) is 13.9 Å². The number of carboxylic acids is 1. The molecule has 1 saturated heterocycles. The highest BCUT2D eigenvalue weighted by molar-refractivity contribution is 7.87. The van der Waals surface area contributed by atoms with Gasteiger partial charge in [-0.2, -0.15) is 17.4 Å². The summed E-state index contributed by atoms with van der Waals surface area (Å²) in [4.78, 5) is 14.4. The first-order valence-electron chi connectivity index (χ1n) is 10.7. The van der Waals surface area contributed by atoms with Gasteiger partial charge >= 0.3 is 5.97 Å². The maximum Gasteiger partial charge on any atom is 0.325 e. The highest BCUT2D eigenvalue weighted by atomic mass is 32.2. The Kier molecular flexibility index (Phi) is 6.26. The van der Waals surface area contributed by atoms with Gasteiger partial charge in [0, 0.05) is 38.6 Å². The molecule has 1 aliphatic heterocycles. The lowest BCUT2D eigenvalue weighted by molar-refractivity contribution is -0.140. The molecule has 8 nitrogen and oxygen atoms in total. The van der Waals surface area contributed by atoms with Crippen LogP contribution in [0.15, 0.2) is 54.6 Å². The molecule has 0 spiro atoms. The molecule has 1 saturated carbocycles. The van der Waals surface area contributed by atoms with E-state index in [9.17, 15) is 18.3 Å². The number of hydrogen-bond acceptors (Lipinski definition) is 5. The van der Waals surface area contributed by atoms with E-state index < -0.39 is 27.6 Å². The number of carboxylic acid groups (broad SMARTS) is 1. The number of hydrogen-bond donors (Lipinski definition) is 2. The summed E-state index contributed by atoms with van der Waals surface area (Å²) in [5.74, 6) is -1.08. The van der Waals surface area contributed by atoms with Gasteiger partial charge in [-0.3, -0.25) is 9.69 Å². The molecule has 2 N–H and O–H groups in total. The maximum atomic E-state index is 13.1. The van der Waals surface area contributed by atoms with Crippen molar-refractivity contribution in [1.29, 1.82) is 0 Å². The van der Waals surface area contributed by atoms with Crippen LogP contribution in [0.3, 0.4) is 0 Å². The Balaban J connectivity index is 1.40. The number of piperazine rings is 1. The number of ether oxygens (including phenoxy) is 1. The van der Waals surface area contributed by atoms with E-state index in [0.29, 0.717) is 26.2 Å². The molecule has 2 aromatic rings. The van der Waals surface area contributed by atoms with Crippen molar-refractivity contribution < 1.29 is 23.1 Å². The van der Waals surface area contributed by atoms with E-state index in [1.807, 2.05) is 54.6 Å². The molecule has 0 aromatic heterocycles.